The minimum Gasteiger partial charge on any atom is -0.497 e. The van der Waals surface area contributed by atoms with E-state index in [1.54, 1.807) is 25.1 Å². The van der Waals surface area contributed by atoms with Gasteiger partial charge in [-0.1, -0.05) is 18.7 Å². The number of carbonyl (C=O) groups is 2. The van der Waals surface area contributed by atoms with E-state index in [-0.39, 0.29) is 23.9 Å². The number of aromatic nitrogens is 2. The smallest absolute Gasteiger partial charge is 0.343 e. The molecule has 3 N–H and O–H groups in total. The molecule has 1 aromatic heterocycles. The summed E-state index contributed by atoms with van der Waals surface area (Å²) in [4.78, 5) is 32.8. The molecule has 29 heavy (non-hydrogen) atoms. The van der Waals surface area contributed by atoms with E-state index in [1.807, 2.05) is 6.92 Å². The number of carbonyl (C=O) groups excluding carboxylic acids is 2. The predicted molar refractivity (Wildman–Crippen MR) is 111 cm³/mol. The molecule has 1 atom stereocenters. The normalized spacial score (nSPS) is 11.4. The number of hydrogen-bond donors (Lipinski definition) is 2. The van der Waals surface area contributed by atoms with Crippen LogP contribution in [-0.2, 0) is 9.53 Å². The van der Waals surface area contributed by atoms with Crippen molar-refractivity contribution in [2.45, 2.75) is 30.7 Å². The number of hydrogen-bond acceptors (Lipinski definition) is 9. The molecule has 0 aliphatic rings. The van der Waals surface area contributed by atoms with Gasteiger partial charge in [-0.15, -0.1) is 0 Å². The standard InChI is InChI=1S/C19H24N4O5S/c1-5-15(17(24)22-11-7-12(26-3)9-13(8-11)27-4)29-19-21-10-14(16(20)23-19)18(25)28-6-2/h7-10,15H,5-6H2,1-4H3,(H,22,24)(H2,20,21,23). The number of amides is 1. The first kappa shape index (κ1) is 22.3. The summed E-state index contributed by atoms with van der Waals surface area (Å²) in [6.07, 6.45) is 1.83. The summed E-state index contributed by atoms with van der Waals surface area (Å²) in [6.45, 7) is 3.79. The Morgan fingerprint density at radius 1 is 1.17 bits per heavy atom. The van der Waals surface area contributed by atoms with Crippen molar-refractivity contribution in [3.63, 3.8) is 0 Å². The second-order valence-corrected chi connectivity index (χ2v) is 6.95. The Morgan fingerprint density at radius 3 is 2.34 bits per heavy atom. The van der Waals surface area contributed by atoms with Crippen molar-refractivity contribution in [3.8, 4) is 11.5 Å². The van der Waals surface area contributed by atoms with Crippen molar-refractivity contribution in [1.82, 2.24) is 9.97 Å². The highest BCUT2D eigenvalue weighted by atomic mass is 32.2. The quantitative estimate of drug-likeness (QED) is 0.358. The van der Waals surface area contributed by atoms with Crippen molar-refractivity contribution in [3.05, 3.63) is 30.0 Å². The summed E-state index contributed by atoms with van der Waals surface area (Å²) in [5, 5.41) is 2.66. The van der Waals surface area contributed by atoms with Crippen molar-refractivity contribution in [2.24, 2.45) is 0 Å². The van der Waals surface area contributed by atoms with Crippen LogP contribution >= 0.6 is 11.8 Å². The molecule has 1 heterocycles. The number of nitrogens with one attached hydrogen (secondary N) is 1. The van der Waals surface area contributed by atoms with Gasteiger partial charge in [0.2, 0.25) is 5.91 Å². The average molecular weight is 420 g/mol. The highest BCUT2D eigenvalue weighted by Crippen LogP contribution is 2.28. The predicted octanol–water partition coefficient (Wildman–Crippen LogP) is 2.76. The number of nitrogen functional groups attached to an aromatic ring is 1. The van der Waals surface area contributed by atoms with Crippen molar-refractivity contribution < 1.29 is 23.8 Å². The molecule has 0 saturated heterocycles. The highest BCUT2D eigenvalue weighted by Gasteiger charge is 2.21. The Hall–Kier alpha value is -3.01. The third kappa shape index (κ3) is 5.98. The Balaban J connectivity index is 2.12. The first-order chi connectivity index (χ1) is 13.9. The van der Waals surface area contributed by atoms with Crippen LogP contribution in [0, 0.1) is 0 Å². The lowest BCUT2D eigenvalue weighted by molar-refractivity contribution is -0.115. The van der Waals surface area contributed by atoms with Gasteiger partial charge in [-0.2, -0.15) is 0 Å². The van der Waals surface area contributed by atoms with Crippen LogP contribution < -0.4 is 20.5 Å². The lowest BCUT2D eigenvalue weighted by Crippen LogP contribution is -2.25. The Morgan fingerprint density at radius 2 is 1.83 bits per heavy atom. The van der Waals surface area contributed by atoms with Gasteiger partial charge < -0.3 is 25.3 Å². The number of methoxy groups -OCH3 is 2. The fourth-order valence-corrected chi connectivity index (χ4v) is 3.20. The van der Waals surface area contributed by atoms with Crippen LogP contribution in [0.2, 0.25) is 0 Å². The zero-order valence-corrected chi connectivity index (χ0v) is 17.5. The van der Waals surface area contributed by atoms with Gasteiger partial charge in [-0.3, -0.25) is 4.79 Å². The van der Waals surface area contributed by atoms with Crippen LogP contribution in [0.25, 0.3) is 0 Å². The molecule has 1 amide bonds. The van der Waals surface area contributed by atoms with Gasteiger partial charge in [0.05, 0.1) is 26.1 Å². The summed E-state index contributed by atoms with van der Waals surface area (Å²) in [7, 11) is 3.07. The van der Waals surface area contributed by atoms with Crippen LogP contribution in [-0.4, -0.2) is 47.9 Å². The van der Waals surface area contributed by atoms with Crippen LogP contribution in [0.15, 0.2) is 29.6 Å². The summed E-state index contributed by atoms with van der Waals surface area (Å²) >= 11 is 1.16. The van der Waals surface area contributed by atoms with Gasteiger partial charge in [0.15, 0.2) is 5.16 Å². The first-order valence-electron chi connectivity index (χ1n) is 8.92. The number of nitrogens with two attached hydrogens (primary N) is 1. The monoisotopic (exact) mass is 420 g/mol. The third-order valence-electron chi connectivity index (χ3n) is 3.82. The van der Waals surface area contributed by atoms with E-state index < -0.39 is 11.2 Å². The lowest BCUT2D eigenvalue weighted by atomic mass is 10.2. The number of rotatable bonds is 9. The highest BCUT2D eigenvalue weighted by molar-refractivity contribution is 8.00. The molecule has 2 aromatic rings. The second-order valence-electron chi connectivity index (χ2n) is 5.78. The van der Waals surface area contributed by atoms with Gasteiger partial charge in [0.25, 0.3) is 0 Å². The van der Waals surface area contributed by atoms with E-state index in [0.29, 0.717) is 28.8 Å². The van der Waals surface area contributed by atoms with Crippen LogP contribution in [0.3, 0.4) is 0 Å². The van der Waals surface area contributed by atoms with Crippen molar-refractivity contribution in [2.75, 3.05) is 31.9 Å². The molecule has 1 aromatic carbocycles. The minimum absolute atomic E-state index is 0.00810. The van der Waals surface area contributed by atoms with E-state index in [1.165, 1.54) is 20.4 Å². The van der Waals surface area contributed by atoms with E-state index in [9.17, 15) is 9.59 Å². The molecule has 10 heteroatoms. The molecule has 9 nitrogen and oxygen atoms in total. The zero-order valence-electron chi connectivity index (χ0n) is 16.7. The summed E-state index contributed by atoms with van der Waals surface area (Å²) in [5.74, 6) is 0.313. The second kappa shape index (κ2) is 10.5. The Labute approximate surface area is 173 Å². The van der Waals surface area contributed by atoms with Crippen LogP contribution in [0.1, 0.15) is 30.6 Å². The molecule has 2 rings (SSSR count). The first-order valence-corrected chi connectivity index (χ1v) is 9.79. The molecular formula is C19H24N4O5S. The van der Waals surface area contributed by atoms with E-state index >= 15 is 0 Å². The lowest BCUT2D eigenvalue weighted by Gasteiger charge is -2.15. The molecule has 0 fully saturated rings. The number of anilines is 2. The number of benzene rings is 1. The fraction of sp³-hybridized carbons (Fsp3) is 0.368. The SMILES string of the molecule is CCOC(=O)c1cnc(SC(CC)C(=O)Nc2cc(OC)cc(OC)c2)nc1N. The van der Waals surface area contributed by atoms with Gasteiger partial charge in [-0.05, 0) is 13.3 Å². The number of thioether (sulfide) groups is 1. The molecular weight excluding hydrogens is 396 g/mol. The van der Waals surface area contributed by atoms with Crippen LogP contribution in [0.5, 0.6) is 11.5 Å². The Kier molecular flexibility index (Phi) is 8.08. The molecule has 0 bridgehead atoms. The average Bonchev–Trinajstić information content (AvgIpc) is 2.71. The Bertz CT molecular complexity index is 855. The third-order valence-corrected chi connectivity index (χ3v) is 5.06. The van der Waals surface area contributed by atoms with Crippen LogP contribution in [0.4, 0.5) is 11.5 Å². The molecule has 0 aliphatic carbocycles. The topological polar surface area (TPSA) is 126 Å². The molecule has 156 valence electrons. The molecule has 0 spiro atoms. The van der Waals surface area contributed by atoms with E-state index in [0.717, 1.165) is 11.8 Å². The summed E-state index contributed by atoms with van der Waals surface area (Å²) in [6, 6.07) is 5.10. The van der Waals surface area contributed by atoms with E-state index in [2.05, 4.69) is 15.3 Å². The van der Waals surface area contributed by atoms with Gasteiger partial charge in [0, 0.05) is 30.1 Å². The number of esters is 1. The zero-order chi connectivity index (χ0) is 21.4. The largest absolute Gasteiger partial charge is 0.497 e. The fourth-order valence-electron chi connectivity index (χ4n) is 2.35. The molecule has 0 aliphatic heterocycles. The maximum Gasteiger partial charge on any atom is 0.343 e. The van der Waals surface area contributed by atoms with Gasteiger partial charge >= 0.3 is 5.97 Å². The molecule has 1 unspecified atom stereocenters. The maximum absolute atomic E-state index is 12.7. The van der Waals surface area contributed by atoms with E-state index in [4.69, 9.17) is 19.9 Å². The van der Waals surface area contributed by atoms with Crippen molar-refractivity contribution in [1.29, 1.82) is 0 Å². The van der Waals surface area contributed by atoms with Crippen molar-refractivity contribution >= 4 is 35.1 Å². The summed E-state index contributed by atoms with van der Waals surface area (Å²) < 4.78 is 15.3. The minimum atomic E-state index is -0.585. The number of nitrogens with zero attached hydrogens (tertiary/aromatic N) is 2. The number of ether oxygens (including phenoxy) is 3. The maximum atomic E-state index is 12.7. The summed E-state index contributed by atoms with van der Waals surface area (Å²) in [5.41, 5.74) is 6.48. The van der Waals surface area contributed by atoms with Gasteiger partial charge in [-0.25, -0.2) is 14.8 Å². The molecule has 0 saturated carbocycles. The molecule has 0 radical (unpaired) electrons. The van der Waals surface area contributed by atoms with Gasteiger partial charge in [0.1, 0.15) is 22.9 Å².